The van der Waals surface area contributed by atoms with Gasteiger partial charge >= 0.3 is 0 Å². The number of hydrogen-bond donors (Lipinski definition) is 5. The molecule has 18 heavy (non-hydrogen) atoms. The summed E-state index contributed by atoms with van der Waals surface area (Å²) in [6, 6.07) is 0. The lowest BCUT2D eigenvalue weighted by Gasteiger charge is -2.40. The lowest BCUT2D eigenvalue weighted by atomic mass is 9.92. The molecule has 1 saturated heterocycles. The Morgan fingerprint density at radius 2 is 1.44 bits per heavy atom. The van der Waals surface area contributed by atoms with Crippen LogP contribution in [-0.2, 0) is 4.74 Å². The van der Waals surface area contributed by atoms with Crippen molar-refractivity contribution < 1.29 is 25.2 Å². The SMILES string of the molecule is OCC1O[C@H](CCCCCCS)C(O)C(O)[C@H]1O. The summed E-state index contributed by atoms with van der Waals surface area (Å²) in [4.78, 5) is 0. The fourth-order valence-electron chi connectivity index (χ4n) is 2.23. The normalized spacial score (nSPS) is 36.8. The zero-order valence-electron chi connectivity index (χ0n) is 10.5. The van der Waals surface area contributed by atoms with Crippen LogP contribution in [-0.4, -0.2) is 63.3 Å². The fourth-order valence-corrected chi connectivity index (χ4v) is 2.45. The summed E-state index contributed by atoms with van der Waals surface area (Å²) in [5.41, 5.74) is 0. The van der Waals surface area contributed by atoms with Gasteiger partial charge in [-0.25, -0.2) is 0 Å². The van der Waals surface area contributed by atoms with Gasteiger partial charge in [-0.05, 0) is 18.6 Å². The third-order valence-electron chi connectivity index (χ3n) is 3.39. The van der Waals surface area contributed by atoms with Crippen LogP contribution in [0.4, 0.5) is 0 Å². The van der Waals surface area contributed by atoms with Crippen molar-refractivity contribution in [1.29, 1.82) is 0 Å². The molecule has 0 aromatic rings. The summed E-state index contributed by atoms with van der Waals surface area (Å²) >= 11 is 4.13. The molecule has 1 heterocycles. The second-order valence-electron chi connectivity index (χ2n) is 4.79. The van der Waals surface area contributed by atoms with Gasteiger partial charge in [-0.15, -0.1) is 0 Å². The van der Waals surface area contributed by atoms with E-state index in [0.29, 0.717) is 6.42 Å². The zero-order valence-corrected chi connectivity index (χ0v) is 11.4. The van der Waals surface area contributed by atoms with Gasteiger partial charge in [-0.2, -0.15) is 12.6 Å². The number of unbranched alkanes of at least 4 members (excludes halogenated alkanes) is 3. The summed E-state index contributed by atoms with van der Waals surface area (Å²) in [5.74, 6) is 0.875. The summed E-state index contributed by atoms with van der Waals surface area (Å²) in [6.07, 6.45) is -0.224. The second kappa shape index (κ2) is 8.35. The van der Waals surface area contributed by atoms with Gasteiger partial charge in [0.05, 0.1) is 12.7 Å². The van der Waals surface area contributed by atoms with Crippen LogP contribution in [0.5, 0.6) is 0 Å². The van der Waals surface area contributed by atoms with Gasteiger partial charge in [-0.1, -0.05) is 19.3 Å². The Hall–Kier alpha value is 0.150. The molecular weight excluding hydrogens is 256 g/mol. The Bertz CT molecular complexity index is 227. The van der Waals surface area contributed by atoms with Crippen LogP contribution in [0.25, 0.3) is 0 Å². The number of aliphatic hydroxyl groups is 4. The van der Waals surface area contributed by atoms with Gasteiger partial charge in [-0.3, -0.25) is 0 Å². The van der Waals surface area contributed by atoms with Crippen LogP contribution in [0.2, 0.25) is 0 Å². The van der Waals surface area contributed by atoms with Crippen LogP contribution in [0.3, 0.4) is 0 Å². The number of ether oxygens (including phenoxy) is 1. The molecule has 0 amide bonds. The number of hydrogen-bond acceptors (Lipinski definition) is 6. The second-order valence-corrected chi connectivity index (χ2v) is 5.24. The van der Waals surface area contributed by atoms with Gasteiger partial charge in [0.15, 0.2) is 0 Å². The molecule has 0 aliphatic carbocycles. The molecule has 0 aromatic carbocycles. The van der Waals surface area contributed by atoms with Crippen LogP contribution in [0.1, 0.15) is 32.1 Å². The Balaban J connectivity index is 2.35. The minimum absolute atomic E-state index is 0.360. The molecule has 4 N–H and O–H groups in total. The summed E-state index contributed by atoms with van der Waals surface area (Å²) in [6.45, 7) is -0.360. The van der Waals surface area contributed by atoms with E-state index in [1.807, 2.05) is 0 Å². The Kier molecular flexibility index (Phi) is 7.51. The lowest BCUT2D eigenvalue weighted by molar-refractivity contribution is -0.230. The van der Waals surface area contributed by atoms with E-state index in [9.17, 15) is 15.3 Å². The predicted molar refractivity (Wildman–Crippen MR) is 70.7 cm³/mol. The van der Waals surface area contributed by atoms with Crippen molar-refractivity contribution >= 4 is 12.6 Å². The minimum Gasteiger partial charge on any atom is -0.394 e. The highest BCUT2D eigenvalue weighted by Gasteiger charge is 2.42. The first-order valence-corrected chi connectivity index (χ1v) is 7.16. The van der Waals surface area contributed by atoms with Crippen LogP contribution in [0.15, 0.2) is 0 Å². The van der Waals surface area contributed by atoms with Crippen molar-refractivity contribution in [2.45, 2.75) is 62.6 Å². The Morgan fingerprint density at radius 1 is 0.833 bits per heavy atom. The van der Waals surface area contributed by atoms with Gasteiger partial charge in [0, 0.05) is 0 Å². The van der Waals surface area contributed by atoms with E-state index in [4.69, 9.17) is 9.84 Å². The van der Waals surface area contributed by atoms with Crippen molar-refractivity contribution in [3.8, 4) is 0 Å². The molecule has 6 heteroatoms. The van der Waals surface area contributed by atoms with Crippen molar-refractivity contribution in [3.63, 3.8) is 0 Å². The molecule has 0 spiro atoms. The first-order chi connectivity index (χ1) is 8.61. The summed E-state index contributed by atoms with van der Waals surface area (Å²) in [7, 11) is 0. The van der Waals surface area contributed by atoms with Crippen molar-refractivity contribution in [1.82, 2.24) is 0 Å². The van der Waals surface area contributed by atoms with E-state index in [-0.39, 0.29) is 6.61 Å². The minimum atomic E-state index is -1.25. The maximum absolute atomic E-state index is 9.80. The van der Waals surface area contributed by atoms with Crippen molar-refractivity contribution in [3.05, 3.63) is 0 Å². The molecule has 1 aliphatic rings. The number of aliphatic hydroxyl groups excluding tert-OH is 4. The van der Waals surface area contributed by atoms with Crippen molar-refractivity contribution in [2.24, 2.45) is 0 Å². The Morgan fingerprint density at radius 3 is 2.06 bits per heavy atom. The maximum atomic E-state index is 9.80. The van der Waals surface area contributed by atoms with Crippen LogP contribution in [0, 0.1) is 0 Å². The smallest absolute Gasteiger partial charge is 0.111 e. The molecule has 1 aliphatic heterocycles. The molecule has 0 bridgehead atoms. The van der Waals surface area contributed by atoms with E-state index in [2.05, 4.69) is 12.6 Å². The molecule has 108 valence electrons. The molecule has 0 saturated carbocycles. The van der Waals surface area contributed by atoms with Gasteiger partial charge in [0.2, 0.25) is 0 Å². The average Bonchev–Trinajstić information content (AvgIpc) is 2.38. The first kappa shape index (κ1) is 16.2. The van der Waals surface area contributed by atoms with Crippen LogP contribution >= 0.6 is 12.6 Å². The molecule has 0 radical (unpaired) electrons. The van der Waals surface area contributed by atoms with Crippen molar-refractivity contribution in [2.75, 3.05) is 12.4 Å². The third-order valence-corrected chi connectivity index (χ3v) is 3.70. The zero-order chi connectivity index (χ0) is 13.5. The first-order valence-electron chi connectivity index (χ1n) is 6.53. The topological polar surface area (TPSA) is 90.2 Å². The quantitative estimate of drug-likeness (QED) is 0.327. The van der Waals surface area contributed by atoms with Gasteiger partial charge in [0.1, 0.15) is 24.4 Å². The van der Waals surface area contributed by atoms with E-state index < -0.39 is 30.5 Å². The Labute approximate surface area is 113 Å². The third kappa shape index (κ3) is 4.36. The molecular formula is C12H24O5S. The standard InChI is InChI=1S/C12H24O5S/c13-7-9-11(15)12(16)10(14)8(17-9)5-3-1-2-4-6-18/h8-16,18H,1-7H2/t8-,9?,10?,11+,12?/m1/s1. The van der Waals surface area contributed by atoms with E-state index in [0.717, 1.165) is 31.4 Å². The average molecular weight is 280 g/mol. The molecule has 5 nitrogen and oxygen atoms in total. The summed E-state index contributed by atoms with van der Waals surface area (Å²) in [5, 5.41) is 38.1. The largest absolute Gasteiger partial charge is 0.394 e. The molecule has 1 fully saturated rings. The van der Waals surface area contributed by atoms with E-state index in [1.54, 1.807) is 0 Å². The molecule has 0 aromatic heterocycles. The highest BCUT2D eigenvalue weighted by atomic mass is 32.1. The highest BCUT2D eigenvalue weighted by Crippen LogP contribution is 2.24. The molecule has 3 unspecified atom stereocenters. The monoisotopic (exact) mass is 280 g/mol. The summed E-state index contributed by atoms with van der Waals surface area (Å²) < 4.78 is 5.41. The number of rotatable bonds is 7. The molecule has 5 atom stereocenters. The number of thiol groups is 1. The van der Waals surface area contributed by atoms with Crippen LogP contribution < -0.4 is 0 Å². The molecule has 1 rings (SSSR count). The van der Waals surface area contributed by atoms with Gasteiger partial charge in [0.25, 0.3) is 0 Å². The lowest BCUT2D eigenvalue weighted by Crippen LogP contribution is -2.58. The van der Waals surface area contributed by atoms with E-state index >= 15 is 0 Å². The highest BCUT2D eigenvalue weighted by molar-refractivity contribution is 7.80. The van der Waals surface area contributed by atoms with E-state index in [1.165, 1.54) is 0 Å². The maximum Gasteiger partial charge on any atom is 0.111 e. The van der Waals surface area contributed by atoms with Gasteiger partial charge < -0.3 is 25.2 Å². The predicted octanol–water partition coefficient (Wildman–Crippen LogP) is -0.291. The fraction of sp³-hybridized carbons (Fsp3) is 1.00.